The number of Topliss-reactive ketones (excluding diaryl/α,β-unsaturated/α-hetero) is 1. The van der Waals surface area contributed by atoms with Gasteiger partial charge in [0, 0.05) is 34.6 Å². The number of nitrogens with zero attached hydrogens (tertiary/aromatic N) is 2. The molecule has 2 bridgehead atoms. The molecule has 0 spiro atoms. The molecule has 3 aromatic rings. The van der Waals surface area contributed by atoms with E-state index in [0.29, 0.717) is 12.8 Å². The van der Waals surface area contributed by atoms with Gasteiger partial charge in [0.1, 0.15) is 6.61 Å². The molecule has 1 aromatic heterocycles. The van der Waals surface area contributed by atoms with E-state index in [1.807, 2.05) is 72.5 Å². The zero-order valence-electron chi connectivity index (χ0n) is 17.7. The minimum absolute atomic E-state index is 0.0495. The monoisotopic (exact) mass is 414 g/mol. The third-order valence-corrected chi connectivity index (χ3v) is 6.63. The number of ketones is 1. The minimum atomic E-state index is -0.255. The number of pyridine rings is 1. The van der Waals surface area contributed by atoms with Crippen molar-refractivity contribution in [3.63, 3.8) is 0 Å². The van der Waals surface area contributed by atoms with Gasteiger partial charge in [0.2, 0.25) is 0 Å². The molecule has 2 aliphatic rings. The normalized spacial score (nSPS) is 22.5. The Morgan fingerprint density at radius 3 is 2.48 bits per heavy atom. The van der Waals surface area contributed by atoms with Gasteiger partial charge < -0.3 is 9.64 Å². The van der Waals surface area contributed by atoms with Crippen LogP contribution in [-0.4, -0.2) is 33.8 Å². The number of amides is 1. The molecule has 5 nitrogen and oxygen atoms in total. The lowest BCUT2D eigenvalue weighted by molar-refractivity contribution is 0.0485. The molecule has 31 heavy (non-hydrogen) atoms. The van der Waals surface area contributed by atoms with Gasteiger partial charge in [-0.15, -0.1) is 0 Å². The molecule has 5 rings (SSSR count). The van der Waals surface area contributed by atoms with Gasteiger partial charge in [0.25, 0.3) is 0 Å². The fraction of sp³-hybridized carbons (Fsp3) is 0.346. The first-order chi connectivity index (χ1) is 15.1. The first kappa shape index (κ1) is 19.7. The molecule has 0 saturated carbocycles. The summed E-state index contributed by atoms with van der Waals surface area (Å²) >= 11 is 0. The molecule has 2 aromatic carbocycles. The molecule has 5 heteroatoms. The highest BCUT2D eigenvalue weighted by atomic mass is 16.6. The summed E-state index contributed by atoms with van der Waals surface area (Å²) in [6, 6.07) is 19.6. The van der Waals surface area contributed by atoms with Crippen LogP contribution >= 0.6 is 0 Å². The summed E-state index contributed by atoms with van der Waals surface area (Å²) in [5.74, 6) is 0.128. The molecule has 2 fully saturated rings. The van der Waals surface area contributed by atoms with Crippen LogP contribution in [0.3, 0.4) is 0 Å². The Morgan fingerprint density at radius 2 is 1.74 bits per heavy atom. The SMILES string of the molecule is Cc1ccc2cc(C(=O)C3CC4CCC(C3)N4C(=O)OCc3ccccc3)ccc2n1. The Kier molecular flexibility index (Phi) is 5.18. The number of carbonyl (C=O) groups is 2. The minimum Gasteiger partial charge on any atom is -0.445 e. The molecule has 2 atom stereocenters. The van der Waals surface area contributed by atoms with E-state index < -0.39 is 0 Å². The van der Waals surface area contributed by atoms with E-state index in [9.17, 15) is 9.59 Å². The van der Waals surface area contributed by atoms with E-state index >= 15 is 0 Å². The predicted octanol–water partition coefficient (Wildman–Crippen LogP) is 5.31. The second-order valence-corrected chi connectivity index (χ2v) is 8.73. The summed E-state index contributed by atoms with van der Waals surface area (Å²) in [6.07, 6.45) is 3.04. The summed E-state index contributed by atoms with van der Waals surface area (Å²) in [5, 5.41) is 0.987. The van der Waals surface area contributed by atoms with Crippen LogP contribution in [0.4, 0.5) is 4.79 Å². The highest BCUT2D eigenvalue weighted by Gasteiger charge is 2.45. The van der Waals surface area contributed by atoms with Crippen molar-refractivity contribution >= 4 is 22.8 Å². The Hall–Kier alpha value is -3.21. The smallest absolute Gasteiger partial charge is 0.410 e. The van der Waals surface area contributed by atoms with Crippen LogP contribution in [0, 0.1) is 12.8 Å². The molecular weight excluding hydrogens is 388 g/mol. The lowest BCUT2D eigenvalue weighted by Gasteiger charge is -2.37. The third-order valence-electron chi connectivity index (χ3n) is 6.63. The Bertz CT molecular complexity index is 1110. The number of fused-ring (bicyclic) bond motifs is 3. The quantitative estimate of drug-likeness (QED) is 0.543. The summed E-state index contributed by atoms with van der Waals surface area (Å²) in [4.78, 5) is 32.4. The number of hydrogen-bond acceptors (Lipinski definition) is 4. The van der Waals surface area contributed by atoms with Crippen LogP contribution in [-0.2, 0) is 11.3 Å². The molecule has 0 radical (unpaired) electrons. The van der Waals surface area contributed by atoms with Crippen LogP contribution in [0.25, 0.3) is 10.9 Å². The second-order valence-electron chi connectivity index (χ2n) is 8.73. The number of aryl methyl sites for hydroxylation is 1. The number of aromatic nitrogens is 1. The number of rotatable bonds is 4. The van der Waals surface area contributed by atoms with Gasteiger partial charge in [-0.3, -0.25) is 9.78 Å². The van der Waals surface area contributed by atoms with Crippen molar-refractivity contribution in [2.45, 2.75) is 51.3 Å². The maximum absolute atomic E-state index is 13.3. The number of hydrogen-bond donors (Lipinski definition) is 0. The fourth-order valence-electron chi connectivity index (χ4n) is 5.10. The average molecular weight is 415 g/mol. The number of benzene rings is 2. The lowest BCUT2D eigenvalue weighted by Crippen LogP contribution is -2.48. The standard InChI is InChI=1S/C26H26N2O3/c1-17-7-8-19-13-20(9-12-24(19)27-17)25(29)21-14-22-10-11-23(15-21)28(22)26(30)31-16-18-5-3-2-4-6-18/h2-9,12-13,21-23H,10-11,14-16H2,1H3. The van der Waals surface area contributed by atoms with Crippen molar-refractivity contribution in [3.05, 3.63) is 77.5 Å². The number of carbonyl (C=O) groups excluding carboxylic acids is 2. The van der Waals surface area contributed by atoms with Gasteiger partial charge >= 0.3 is 6.09 Å². The highest BCUT2D eigenvalue weighted by Crippen LogP contribution is 2.40. The van der Waals surface area contributed by atoms with Crippen LogP contribution in [0.15, 0.2) is 60.7 Å². The van der Waals surface area contributed by atoms with Gasteiger partial charge in [-0.25, -0.2) is 4.79 Å². The van der Waals surface area contributed by atoms with Gasteiger partial charge in [-0.1, -0.05) is 36.4 Å². The van der Waals surface area contributed by atoms with Crippen LogP contribution in [0.2, 0.25) is 0 Å². The molecular formula is C26H26N2O3. The van der Waals surface area contributed by atoms with Gasteiger partial charge in [-0.05, 0) is 62.4 Å². The van der Waals surface area contributed by atoms with E-state index in [-0.39, 0.29) is 36.5 Å². The molecule has 2 saturated heterocycles. The predicted molar refractivity (Wildman–Crippen MR) is 119 cm³/mol. The van der Waals surface area contributed by atoms with Crippen molar-refractivity contribution in [2.75, 3.05) is 0 Å². The number of piperidine rings is 1. The first-order valence-corrected chi connectivity index (χ1v) is 11.0. The summed E-state index contributed by atoms with van der Waals surface area (Å²) < 4.78 is 5.58. The van der Waals surface area contributed by atoms with Crippen LogP contribution in [0.1, 0.15) is 47.3 Å². The third kappa shape index (κ3) is 3.92. The summed E-state index contributed by atoms with van der Waals surface area (Å²) in [5.41, 5.74) is 3.60. The molecule has 3 heterocycles. The number of ether oxygens (including phenoxy) is 1. The maximum atomic E-state index is 13.3. The molecule has 2 unspecified atom stereocenters. The Labute approximate surface area is 182 Å². The van der Waals surface area contributed by atoms with Crippen molar-refractivity contribution in [3.8, 4) is 0 Å². The topological polar surface area (TPSA) is 59.5 Å². The van der Waals surface area contributed by atoms with E-state index in [2.05, 4.69) is 4.98 Å². The molecule has 1 amide bonds. The van der Waals surface area contributed by atoms with Crippen LogP contribution < -0.4 is 0 Å². The van der Waals surface area contributed by atoms with E-state index in [4.69, 9.17) is 4.74 Å². The van der Waals surface area contributed by atoms with E-state index in [1.54, 1.807) is 0 Å². The molecule has 0 aliphatic carbocycles. The Morgan fingerprint density at radius 1 is 1.00 bits per heavy atom. The van der Waals surface area contributed by atoms with E-state index in [1.165, 1.54) is 0 Å². The zero-order valence-corrected chi connectivity index (χ0v) is 17.7. The average Bonchev–Trinajstić information content (AvgIpc) is 3.06. The van der Waals surface area contributed by atoms with Gasteiger partial charge in [-0.2, -0.15) is 0 Å². The van der Waals surface area contributed by atoms with Crippen molar-refractivity contribution in [1.29, 1.82) is 0 Å². The zero-order chi connectivity index (χ0) is 21.4. The second kappa shape index (κ2) is 8.14. The van der Waals surface area contributed by atoms with Crippen LogP contribution in [0.5, 0.6) is 0 Å². The van der Waals surface area contributed by atoms with Crippen molar-refractivity contribution < 1.29 is 14.3 Å². The highest BCUT2D eigenvalue weighted by molar-refractivity contribution is 6.01. The van der Waals surface area contributed by atoms with Gasteiger partial charge in [0.05, 0.1) is 5.52 Å². The molecule has 0 N–H and O–H groups in total. The first-order valence-electron chi connectivity index (χ1n) is 11.0. The lowest BCUT2D eigenvalue weighted by atomic mass is 9.84. The molecule has 2 aliphatic heterocycles. The summed E-state index contributed by atoms with van der Waals surface area (Å²) in [6.45, 7) is 2.25. The Balaban J connectivity index is 1.26. The largest absolute Gasteiger partial charge is 0.445 e. The van der Waals surface area contributed by atoms with E-state index in [0.717, 1.165) is 40.6 Å². The summed E-state index contributed by atoms with van der Waals surface area (Å²) in [7, 11) is 0. The van der Waals surface area contributed by atoms with Crippen molar-refractivity contribution in [1.82, 2.24) is 9.88 Å². The fourth-order valence-corrected chi connectivity index (χ4v) is 5.10. The van der Waals surface area contributed by atoms with Gasteiger partial charge in [0.15, 0.2) is 5.78 Å². The maximum Gasteiger partial charge on any atom is 0.410 e. The molecule has 158 valence electrons. The van der Waals surface area contributed by atoms with Crippen molar-refractivity contribution in [2.24, 2.45) is 5.92 Å².